The van der Waals surface area contributed by atoms with E-state index in [2.05, 4.69) is 0 Å². The number of methoxy groups -OCH3 is 1. The van der Waals surface area contributed by atoms with E-state index in [1.165, 1.54) is 18.2 Å². The molecule has 2 aromatic carbocycles. The Morgan fingerprint density at radius 3 is 2.17 bits per heavy atom. The third-order valence-electron chi connectivity index (χ3n) is 3.75. The van der Waals surface area contributed by atoms with E-state index in [1.54, 1.807) is 48.1 Å². The SMILES string of the molecule is COc1ccc(-n2c(C=O)cc(C=O)c2-c2ccc(F)cc2)cc1. The van der Waals surface area contributed by atoms with Crippen molar-refractivity contribution in [3.8, 4) is 22.7 Å². The number of rotatable bonds is 5. The second-order valence-electron chi connectivity index (χ2n) is 5.15. The van der Waals surface area contributed by atoms with Crippen LogP contribution in [-0.4, -0.2) is 24.2 Å². The summed E-state index contributed by atoms with van der Waals surface area (Å²) in [6.45, 7) is 0. The number of benzene rings is 2. The first-order valence-corrected chi connectivity index (χ1v) is 7.24. The van der Waals surface area contributed by atoms with Crippen molar-refractivity contribution in [2.75, 3.05) is 7.11 Å². The number of hydrogen-bond acceptors (Lipinski definition) is 3. The van der Waals surface area contributed by atoms with Gasteiger partial charge in [-0.2, -0.15) is 0 Å². The summed E-state index contributed by atoms with van der Waals surface area (Å²) in [5.41, 5.74) is 2.58. The number of ether oxygens (including phenoxy) is 1. The van der Waals surface area contributed by atoms with Gasteiger partial charge in [-0.1, -0.05) is 0 Å². The van der Waals surface area contributed by atoms with Crippen LogP contribution < -0.4 is 4.74 Å². The van der Waals surface area contributed by atoms with E-state index in [1.807, 2.05) is 0 Å². The maximum Gasteiger partial charge on any atom is 0.166 e. The van der Waals surface area contributed by atoms with Crippen LogP contribution in [0.25, 0.3) is 16.9 Å². The summed E-state index contributed by atoms with van der Waals surface area (Å²) in [7, 11) is 1.57. The van der Waals surface area contributed by atoms with Gasteiger partial charge < -0.3 is 9.30 Å². The fraction of sp³-hybridized carbons (Fsp3) is 0.0526. The van der Waals surface area contributed by atoms with E-state index in [0.29, 0.717) is 46.5 Å². The van der Waals surface area contributed by atoms with Gasteiger partial charge in [-0.25, -0.2) is 4.39 Å². The Hall–Kier alpha value is -3.21. The quantitative estimate of drug-likeness (QED) is 0.669. The predicted octanol–water partition coefficient (Wildman–Crippen LogP) is 3.92. The van der Waals surface area contributed by atoms with Crippen molar-refractivity contribution in [3.63, 3.8) is 0 Å². The average Bonchev–Trinajstić information content (AvgIpc) is 3.01. The summed E-state index contributed by atoms with van der Waals surface area (Å²) < 4.78 is 20.0. The molecule has 0 aliphatic heterocycles. The third-order valence-corrected chi connectivity index (χ3v) is 3.75. The topological polar surface area (TPSA) is 48.3 Å². The molecule has 5 heteroatoms. The van der Waals surface area contributed by atoms with Gasteiger partial charge in [0.2, 0.25) is 0 Å². The molecule has 1 aromatic heterocycles. The highest BCUT2D eigenvalue weighted by molar-refractivity contribution is 5.92. The summed E-state index contributed by atoms with van der Waals surface area (Å²) in [6, 6.07) is 14.4. The van der Waals surface area contributed by atoms with Crippen molar-refractivity contribution in [2.24, 2.45) is 0 Å². The number of carbonyl (C=O) groups excluding carboxylic acids is 2. The maximum atomic E-state index is 13.2. The van der Waals surface area contributed by atoms with Crippen LogP contribution in [0.1, 0.15) is 20.8 Å². The third kappa shape index (κ3) is 2.72. The van der Waals surface area contributed by atoms with Crippen molar-refractivity contribution in [1.29, 1.82) is 0 Å². The van der Waals surface area contributed by atoms with Gasteiger partial charge in [-0.3, -0.25) is 9.59 Å². The molecule has 0 N–H and O–H groups in total. The molecule has 4 nitrogen and oxygen atoms in total. The normalized spacial score (nSPS) is 10.4. The number of carbonyl (C=O) groups is 2. The molecule has 24 heavy (non-hydrogen) atoms. The zero-order valence-corrected chi connectivity index (χ0v) is 12.9. The zero-order chi connectivity index (χ0) is 17.1. The van der Waals surface area contributed by atoms with Crippen molar-refractivity contribution in [1.82, 2.24) is 4.57 Å². The Labute approximate surface area is 138 Å². The zero-order valence-electron chi connectivity index (χ0n) is 12.9. The minimum Gasteiger partial charge on any atom is -0.497 e. The molecule has 0 unspecified atom stereocenters. The fourth-order valence-electron chi connectivity index (χ4n) is 2.64. The van der Waals surface area contributed by atoms with Crippen molar-refractivity contribution < 1.29 is 18.7 Å². The van der Waals surface area contributed by atoms with Gasteiger partial charge in [0.25, 0.3) is 0 Å². The van der Waals surface area contributed by atoms with Crippen molar-refractivity contribution in [2.45, 2.75) is 0 Å². The number of nitrogens with zero attached hydrogens (tertiary/aromatic N) is 1. The predicted molar refractivity (Wildman–Crippen MR) is 88.5 cm³/mol. The van der Waals surface area contributed by atoms with Crippen LogP contribution in [-0.2, 0) is 0 Å². The average molecular weight is 323 g/mol. The van der Waals surface area contributed by atoms with Gasteiger partial charge in [0.1, 0.15) is 11.6 Å². The number of aldehydes is 2. The molecule has 3 rings (SSSR count). The van der Waals surface area contributed by atoms with Crippen LogP contribution in [0.4, 0.5) is 4.39 Å². The Balaban J connectivity index is 2.26. The molecule has 0 saturated heterocycles. The fourth-order valence-corrected chi connectivity index (χ4v) is 2.64. The van der Waals surface area contributed by atoms with Crippen molar-refractivity contribution >= 4 is 12.6 Å². The van der Waals surface area contributed by atoms with Crippen molar-refractivity contribution in [3.05, 3.63) is 71.7 Å². The molecule has 0 amide bonds. The van der Waals surface area contributed by atoms with E-state index in [4.69, 9.17) is 4.74 Å². The number of halogens is 1. The van der Waals surface area contributed by atoms with Crippen LogP contribution in [0.3, 0.4) is 0 Å². The molecule has 3 aromatic rings. The standard InChI is InChI=1S/C19H14FNO3/c1-24-18-8-6-16(7-9-18)21-17(12-23)10-14(11-22)19(21)13-2-4-15(20)5-3-13/h2-12H,1H3. The highest BCUT2D eigenvalue weighted by Crippen LogP contribution is 2.30. The monoisotopic (exact) mass is 323 g/mol. The van der Waals surface area contributed by atoms with Gasteiger partial charge in [0, 0.05) is 11.3 Å². The van der Waals surface area contributed by atoms with Gasteiger partial charge in [-0.15, -0.1) is 0 Å². The smallest absolute Gasteiger partial charge is 0.166 e. The van der Waals surface area contributed by atoms with E-state index in [0.717, 1.165) is 0 Å². The summed E-state index contributed by atoms with van der Waals surface area (Å²) in [5.74, 6) is 0.307. The maximum absolute atomic E-state index is 13.2. The summed E-state index contributed by atoms with van der Waals surface area (Å²) in [5, 5.41) is 0. The first-order chi connectivity index (χ1) is 11.7. The van der Waals surface area contributed by atoms with E-state index < -0.39 is 0 Å². The van der Waals surface area contributed by atoms with Gasteiger partial charge in [0.15, 0.2) is 12.6 Å². The molecule has 0 fully saturated rings. The van der Waals surface area contributed by atoms with Gasteiger partial charge in [-0.05, 0) is 60.2 Å². The molecule has 120 valence electrons. The van der Waals surface area contributed by atoms with Crippen LogP contribution in [0.5, 0.6) is 5.75 Å². The molecule has 0 spiro atoms. The lowest BCUT2D eigenvalue weighted by molar-refractivity contribution is 0.111. The van der Waals surface area contributed by atoms with E-state index in [9.17, 15) is 14.0 Å². The lowest BCUT2D eigenvalue weighted by Crippen LogP contribution is -2.02. The molecule has 0 saturated carbocycles. The summed E-state index contributed by atoms with van der Waals surface area (Å²) in [6.07, 6.45) is 1.37. The Morgan fingerprint density at radius 1 is 0.958 bits per heavy atom. The molecular formula is C19H14FNO3. The largest absolute Gasteiger partial charge is 0.497 e. The first-order valence-electron chi connectivity index (χ1n) is 7.24. The minimum absolute atomic E-state index is 0.335. The van der Waals surface area contributed by atoms with Crippen LogP contribution >= 0.6 is 0 Å². The summed E-state index contributed by atoms with van der Waals surface area (Å²) in [4.78, 5) is 22.9. The van der Waals surface area contributed by atoms with Crippen LogP contribution in [0.15, 0.2) is 54.6 Å². The molecular weight excluding hydrogens is 309 g/mol. The lowest BCUT2D eigenvalue weighted by Gasteiger charge is -2.13. The Bertz CT molecular complexity index is 880. The first kappa shape index (κ1) is 15.7. The van der Waals surface area contributed by atoms with Crippen LogP contribution in [0.2, 0.25) is 0 Å². The Morgan fingerprint density at radius 2 is 1.62 bits per heavy atom. The van der Waals surface area contributed by atoms with Gasteiger partial charge in [0.05, 0.1) is 18.5 Å². The van der Waals surface area contributed by atoms with Gasteiger partial charge >= 0.3 is 0 Å². The molecule has 0 atom stereocenters. The van der Waals surface area contributed by atoms with E-state index >= 15 is 0 Å². The second kappa shape index (κ2) is 6.50. The van der Waals surface area contributed by atoms with E-state index in [-0.39, 0.29) is 5.82 Å². The van der Waals surface area contributed by atoms with Crippen LogP contribution in [0, 0.1) is 5.82 Å². The minimum atomic E-state index is -0.371. The highest BCUT2D eigenvalue weighted by Gasteiger charge is 2.17. The molecule has 0 aliphatic rings. The number of aromatic nitrogens is 1. The molecule has 0 bridgehead atoms. The molecule has 0 aliphatic carbocycles. The number of hydrogen-bond donors (Lipinski definition) is 0. The lowest BCUT2D eigenvalue weighted by atomic mass is 10.1. The molecule has 1 heterocycles. The summed E-state index contributed by atoms with van der Waals surface area (Å²) >= 11 is 0. The highest BCUT2D eigenvalue weighted by atomic mass is 19.1. The Kier molecular flexibility index (Phi) is 4.24. The molecule has 0 radical (unpaired) electrons. The second-order valence-corrected chi connectivity index (χ2v) is 5.15.